The van der Waals surface area contributed by atoms with Crippen LogP contribution in [-0.2, 0) is 14.4 Å². The molecular weight excluding hydrogens is 324 g/mol. The van der Waals surface area contributed by atoms with Crippen molar-refractivity contribution >= 4 is 23.8 Å². The lowest BCUT2D eigenvalue weighted by Crippen LogP contribution is -2.58. The first-order chi connectivity index (χ1) is 11.8. The molecular formula is C17H18N4O4. The topological polar surface area (TPSA) is 90.0 Å². The fourth-order valence-corrected chi connectivity index (χ4v) is 2.99. The molecule has 2 heterocycles. The summed E-state index contributed by atoms with van der Waals surface area (Å²) in [4.78, 5) is 50.6. The molecule has 2 aliphatic rings. The Bertz CT molecular complexity index is 765. The maximum atomic E-state index is 12.5. The van der Waals surface area contributed by atoms with Gasteiger partial charge >= 0.3 is 6.03 Å². The van der Waals surface area contributed by atoms with Crippen molar-refractivity contribution in [2.24, 2.45) is 5.92 Å². The van der Waals surface area contributed by atoms with E-state index in [1.54, 1.807) is 6.08 Å². The molecule has 8 heteroatoms. The van der Waals surface area contributed by atoms with Gasteiger partial charge in [0, 0.05) is 21.0 Å². The summed E-state index contributed by atoms with van der Waals surface area (Å²) < 4.78 is 0. The third-order valence-electron chi connectivity index (χ3n) is 4.39. The van der Waals surface area contributed by atoms with Crippen molar-refractivity contribution in [2.75, 3.05) is 14.1 Å². The first-order valence-corrected chi connectivity index (χ1v) is 7.75. The Morgan fingerprint density at radius 1 is 1.00 bits per heavy atom. The van der Waals surface area contributed by atoms with Crippen molar-refractivity contribution in [1.29, 1.82) is 0 Å². The standard InChI is InChI=1S/C17H18N4O4/c1-10(22)21-13(11-7-5-4-6-8-11)9-12(18-21)14-15(23)19(2)17(25)20(3)16(14)24/h4-9,13-14,18H,1-3H3/t13-/m1/s1. The number of hydrogen-bond donors (Lipinski definition) is 1. The number of urea groups is 1. The van der Waals surface area contributed by atoms with Crippen LogP contribution in [0.4, 0.5) is 4.79 Å². The number of carbonyl (C=O) groups is 4. The van der Waals surface area contributed by atoms with Gasteiger partial charge in [0.15, 0.2) is 5.92 Å². The van der Waals surface area contributed by atoms with Crippen LogP contribution < -0.4 is 5.43 Å². The Hall–Kier alpha value is -3.16. The zero-order valence-electron chi connectivity index (χ0n) is 14.1. The fourth-order valence-electron chi connectivity index (χ4n) is 2.99. The number of benzene rings is 1. The van der Waals surface area contributed by atoms with Crippen LogP contribution in [0.2, 0.25) is 0 Å². The summed E-state index contributed by atoms with van der Waals surface area (Å²) in [5.41, 5.74) is 4.00. The minimum atomic E-state index is -1.18. The van der Waals surface area contributed by atoms with Gasteiger partial charge in [0.2, 0.25) is 17.7 Å². The Labute approximate surface area is 144 Å². The summed E-state index contributed by atoms with van der Waals surface area (Å²) in [6.45, 7) is 1.39. The number of hydrogen-bond acceptors (Lipinski definition) is 5. The highest BCUT2D eigenvalue weighted by Crippen LogP contribution is 2.32. The van der Waals surface area contributed by atoms with Gasteiger partial charge in [-0.3, -0.25) is 29.6 Å². The van der Waals surface area contributed by atoms with Crippen LogP contribution in [0.5, 0.6) is 0 Å². The smallest absolute Gasteiger partial charge is 0.298 e. The zero-order chi connectivity index (χ0) is 18.3. The summed E-state index contributed by atoms with van der Waals surface area (Å²) in [5.74, 6) is -2.68. The molecule has 1 fully saturated rings. The average molecular weight is 342 g/mol. The lowest BCUT2D eigenvalue weighted by molar-refractivity contribution is -0.146. The molecule has 1 saturated heterocycles. The molecule has 0 saturated carbocycles. The van der Waals surface area contributed by atoms with E-state index in [1.165, 1.54) is 26.0 Å². The highest BCUT2D eigenvalue weighted by molar-refractivity contribution is 6.17. The molecule has 25 heavy (non-hydrogen) atoms. The molecule has 5 amide bonds. The minimum absolute atomic E-state index is 0.256. The molecule has 0 unspecified atom stereocenters. The molecule has 130 valence electrons. The second kappa shape index (κ2) is 6.04. The maximum absolute atomic E-state index is 12.5. The third kappa shape index (κ3) is 2.65. The number of rotatable bonds is 2. The molecule has 8 nitrogen and oxygen atoms in total. The average Bonchev–Trinajstić information content (AvgIpc) is 3.04. The number of nitrogens with one attached hydrogen (secondary N) is 1. The predicted octanol–water partition coefficient (Wildman–Crippen LogP) is 0.645. The normalized spacial score (nSPS) is 21.6. The fraction of sp³-hybridized carbons (Fsp3) is 0.294. The van der Waals surface area contributed by atoms with E-state index in [9.17, 15) is 19.2 Å². The van der Waals surface area contributed by atoms with Crippen LogP contribution in [0.25, 0.3) is 0 Å². The van der Waals surface area contributed by atoms with E-state index >= 15 is 0 Å². The van der Waals surface area contributed by atoms with Crippen molar-refractivity contribution in [2.45, 2.75) is 13.0 Å². The van der Waals surface area contributed by atoms with Crippen molar-refractivity contribution < 1.29 is 19.2 Å². The van der Waals surface area contributed by atoms with Gasteiger partial charge in [0.1, 0.15) is 0 Å². The number of barbiturate groups is 1. The van der Waals surface area contributed by atoms with Crippen molar-refractivity contribution in [1.82, 2.24) is 20.2 Å². The van der Waals surface area contributed by atoms with Crippen LogP contribution in [0, 0.1) is 5.92 Å². The Balaban J connectivity index is 1.99. The molecule has 1 N–H and O–H groups in total. The monoisotopic (exact) mass is 342 g/mol. The second-order valence-corrected chi connectivity index (χ2v) is 5.99. The number of nitrogens with zero attached hydrogens (tertiary/aromatic N) is 3. The number of carbonyl (C=O) groups excluding carboxylic acids is 4. The summed E-state index contributed by atoms with van der Waals surface area (Å²) in [6.07, 6.45) is 1.68. The van der Waals surface area contributed by atoms with Gasteiger partial charge in [-0.25, -0.2) is 9.80 Å². The first kappa shape index (κ1) is 16.7. The zero-order valence-corrected chi connectivity index (χ0v) is 14.1. The lowest BCUT2D eigenvalue weighted by Gasteiger charge is -2.33. The largest absolute Gasteiger partial charge is 0.332 e. The van der Waals surface area contributed by atoms with Gasteiger partial charge in [-0.15, -0.1) is 0 Å². The van der Waals surface area contributed by atoms with E-state index in [1.807, 2.05) is 30.3 Å². The lowest BCUT2D eigenvalue weighted by atomic mass is 9.98. The second-order valence-electron chi connectivity index (χ2n) is 5.99. The molecule has 0 bridgehead atoms. The Morgan fingerprint density at radius 3 is 2.08 bits per heavy atom. The van der Waals surface area contributed by atoms with Gasteiger partial charge < -0.3 is 0 Å². The molecule has 1 atom stereocenters. The summed E-state index contributed by atoms with van der Waals surface area (Å²) in [5, 5.41) is 1.36. The number of imide groups is 2. The summed E-state index contributed by atoms with van der Waals surface area (Å²) in [7, 11) is 2.65. The predicted molar refractivity (Wildman–Crippen MR) is 87.3 cm³/mol. The van der Waals surface area contributed by atoms with Crippen molar-refractivity contribution in [3.63, 3.8) is 0 Å². The highest BCUT2D eigenvalue weighted by Gasteiger charge is 2.47. The highest BCUT2D eigenvalue weighted by atomic mass is 16.2. The van der Waals surface area contributed by atoms with Gasteiger partial charge in [0.25, 0.3) is 0 Å². The van der Waals surface area contributed by atoms with Crippen LogP contribution in [-0.4, -0.2) is 52.7 Å². The molecule has 0 aromatic heterocycles. The first-order valence-electron chi connectivity index (χ1n) is 7.75. The molecule has 3 rings (SSSR count). The molecule has 0 spiro atoms. The molecule has 2 aliphatic heterocycles. The van der Waals surface area contributed by atoms with E-state index in [0.29, 0.717) is 5.70 Å². The Morgan fingerprint density at radius 2 is 1.56 bits per heavy atom. The SMILES string of the molecule is CC(=O)N1NC(C2C(=O)N(C)C(=O)N(C)C2=O)=C[C@@H]1c1ccccc1. The molecule has 0 aliphatic carbocycles. The summed E-state index contributed by atoms with van der Waals surface area (Å²) >= 11 is 0. The van der Waals surface area contributed by atoms with Crippen LogP contribution in [0.3, 0.4) is 0 Å². The minimum Gasteiger partial charge on any atom is -0.298 e. The van der Waals surface area contributed by atoms with E-state index < -0.39 is 29.8 Å². The third-order valence-corrected chi connectivity index (χ3v) is 4.39. The van der Waals surface area contributed by atoms with E-state index in [2.05, 4.69) is 5.43 Å². The van der Waals surface area contributed by atoms with Crippen molar-refractivity contribution in [3.8, 4) is 0 Å². The van der Waals surface area contributed by atoms with Gasteiger partial charge in [0.05, 0.1) is 11.7 Å². The van der Waals surface area contributed by atoms with E-state index in [-0.39, 0.29) is 5.91 Å². The van der Waals surface area contributed by atoms with Crippen LogP contribution in [0.15, 0.2) is 42.1 Å². The van der Waals surface area contributed by atoms with Crippen LogP contribution in [0.1, 0.15) is 18.5 Å². The summed E-state index contributed by atoms with van der Waals surface area (Å²) in [6, 6.07) is 8.14. The van der Waals surface area contributed by atoms with E-state index in [0.717, 1.165) is 15.4 Å². The number of amides is 5. The molecule has 1 aromatic rings. The maximum Gasteiger partial charge on any atom is 0.332 e. The van der Waals surface area contributed by atoms with Crippen molar-refractivity contribution in [3.05, 3.63) is 47.7 Å². The molecule has 1 aromatic carbocycles. The van der Waals surface area contributed by atoms with Gasteiger partial charge in [-0.1, -0.05) is 30.3 Å². The number of hydrazine groups is 1. The van der Waals surface area contributed by atoms with Crippen LogP contribution >= 0.6 is 0 Å². The molecule has 0 radical (unpaired) electrons. The van der Waals surface area contributed by atoms with Gasteiger partial charge in [-0.2, -0.15) is 0 Å². The quantitative estimate of drug-likeness (QED) is 0.797. The van der Waals surface area contributed by atoms with E-state index in [4.69, 9.17) is 0 Å². The van der Waals surface area contributed by atoms with Gasteiger partial charge in [-0.05, 0) is 11.6 Å². The Kier molecular flexibility index (Phi) is 4.03.